The van der Waals surface area contributed by atoms with Gasteiger partial charge in [-0.3, -0.25) is 0 Å². The lowest BCUT2D eigenvalue weighted by molar-refractivity contribution is 0.201. The van der Waals surface area contributed by atoms with Gasteiger partial charge in [0, 0.05) is 60.7 Å². The molecule has 0 amide bonds. The van der Waals surface area contributed by atoms with E-state index in [9.17, 15) is 13.5 Å². The van der Waals surface area contributed by atoms with Crippen LogP contribution in [0.3, 0.4) is 0 Å². The number of aliphatic hydroxyl groups excluding tert-OH is 1. The summed E-state index contributed by atoms with van der Waals surface area (Å²) in [5, 5.41) is 10.8. The average molecular weight is 461 g/mol. The number of nitrogens with zero attached hydrogens (tertiary/aromatic N) is 4. The standard InChI is InChI=1S/C17H21ClN4O3S3/c18-13-3-1-12(2-4-13)9-16-19-17(27-20-16)21-5-7-22(8-6-21)28(24,25)15-11-26-10-14(15)23/h1-4,14-15,23H,5-11H2. The van der Waals surface area contributed by atoms with Gasteiger partial charge in [-0.1, -0.05) is 23.7 Å². The van der Waals surface area contributed by atoms with E-state index in [-0.39, 0.29) is 0 Å². The number of aromatic nitrogens is 2. The van der Waals surface area contributed by atoms with Crippen LogP contribution >= 0.6 is 34.9 Å². The van der Waals surface area contributed by atoms with Crippen molar-refractivity contribution < 1.29 is 13.5 Å². The monoisotopic (exact) mass is 460 g/mol. The number of sulfonamides is 1. The molecule has 7 nitrogen and oxygen atoms in total. The molecule has 4 rings (SSSR count). The number of benzene rings is 1. The van der Waals surface area contributed by atoms with Gasteiger partial charge in [0.25, 0.3) is 0 Å². The fourth-order valence-corrected chi connectivity index (χ4v) is 7.94. The first-order valence-corrected chi connectivity index (χ1v) is 12.8. The number of thioether (sulfide) groups is 1. The molecule has 1 aromatic heterocycles. The Morgan fingerprint density at radius 3 is 2.50 bits per heavy atom. The van der Waals surface area contributed by atoms with E-state index in [0.29, 0.717) is 49.1 Å². The Morgan fingerprint density at radius 2 is 1.86 bits per heavy atom. The third-order valence-corrected chi connectivity index (χ3v) is 9.77. The van der Waals surface area contributed by atoms with Crippen molar-refractivity contribution in [3.63, 3.8) is 0 Å². The average Bonchev–Trinajstić information content (AvgIpc) is 3.33. The maximum absolute atomic E-state index is 12.8. The molecule has 1 N–H and O–H groups in total. The van der Waals surface area contributed by atoms with E-state index < -0.39 is 21.4 Å². The van der Waals surface area contributed by atoms with Crippen LogP contribution in [0, 0.1) is 0 Å². The fraction of sp³-hybridized carbons (Fsp3) is 0.529. The van der Waals surface area contributed by atoms with Crippen molar-refractivity contribution in [1.29, 1.82) is 0 Å². The van der Waals surface area contributed by atoms with Gasteiger partial charge in [-0.2, -0.15) is 20.4 Å². The van der Waals surface area contributed by atoms with Crippen molar-refractivity contribution in [3.8, 4) is 0 Å². The van der Waals surface area contributed by atoms with Gasteiger partial charge in [-0.25, -0.2) is 13.4 Å². The summed E-state index contributed by atoms with van der Waals surface area (Å²) in [7, 11) is -3.46. The van der Waals surface area contributed by atoms with Gasteiger partial charge < -0.3 is 10.0 Å². The lowest BCUT2D eigenvalue weighted by Crippen LogP contribution is -2.53. The highest BCUT2D eigenvalue weighted by Gasteiger charge is 2.41. The molecule has 2 aliphatic rings. The van der Waals surface area contributed by atoms with E-state index in [0.717, 1.165) is 16.5 Å². The molecule has 2 atom stereocenters. The van der Waals surface area contributed by atoms with Crippen LogP contribution < -0.4 is 4.90 Å². The minimum atomic E-state index is -3.46. The van der Waals surface area contributed by atoms with Crippen molar-refractivity contribution in [2.75, 3.05) is 42.6 Å². The van der Waals surface area contributed by atoms with Crippen LogP contribution in [0.25, 0.3) is 0 Å². The Bertz CT molecular complexity index is 914. The first-order valence-electron chi connectivity index (χ1n) is 9.00. The van der Waals surface area contributed by atoms with Gasteiger partial charge in [0.15, 0.2) is 0 Å². The second-order valence-corrected chi connectivity index (χ2v) is 11.3. The molecule has 0 aliphatic carbocycles. The van der Waals surface area contributed by atoms with E-state index in [1.807, 2.05) is 24.3 Å². The zero-order chi connectivity index (χ0) is 19.7. The predicted molar refractivity (Wildman–Crippen MR) is 114 cm³/mol. The lowest BCUT2D eigenvalue weighted by atomic mass is 10.1. The maximum atomic E-state index is 12.8. The quantitative estimate of drug-likeness (QED) is 0.726. The first kappa shape index (κ1) is 20.4. The van der Waals surface area contributed by atoms with Gasteiger partial charge in [0.05, 0.1) is 6.10 Å². The zero-order valence-electron chi connectivity index (χ0n) is 15.1. The number of rotatable bonds is 5. The fourth-order valence-electron chi connectivity index (χ4n) is 3.36. The van der Waals surface area contributed by atoms with Crippen LogP contribution in [0.15, 0.2) is 24.3 Å². The number of hydrogen-bond acceptors (Lipinski definition) is 8. The van der Waals surface area contributed by atoms with Crippen LogP contribution in [0.1, 0.15) is 11.4 Å². The summed E-state index contributed by atoms with van der Waals surface area (Å²) in [5.74, 6) is 1.71. The van der Waals surface area contributed by atoms with E-state index in [2.05, 4.69) is 14.3 Å². The van der Waals surface area contributed by atoms with Crippen molar-refractivity contribution in [3.05, 3.63) is 40.7 Å². The molecule has 28 heavy (non-hydrogen) atoms. The Balaban J connectivity index is 1.36. The topological polar surface area (TPSA) is 86.6 Å². The van der Waals surface area contributed by atoms with E-state index >= 15 is 0 Å². The SMILES string of the molecule is O=S(=O)(C1CSCC1O)N1CCN(c2nc(Cc3ccc(Cl)cc3)ns2)CC1. The van der Waals surface area contributed by atoms with Gasteiger partial charge in [-0.05, 0) is 17.7 Å². The maximum Gasteiger partial charge on any atom is 0.220 e. The Labute approximate surface area is 177 Å². The molecule has 0 bridgehead atoms. The van der Waals surface area contributed by atoms with Crippen LogP contribution in [-0.2, 0) is 16.4 Å². The minimum Gasteiger partial charge on any atom is -0.391 e. The molecule has 11 heteroatoms. The third kappa shape index (κ3) is 4.31. The molecular formula is C17H21ClN4O3S3. The Hall–Kier alpha value is -0.910. The van der Waals surface area contributed by atoms with E-state index in [1.54, 1.807) is 0 Å². The zero-order valence-corrected chi connectivity index (χ0v) is 18.3. The molecule has 2 saturated heterocycles. The molecule has 1 aromatic carbocycles. The van der Waals surface area contributed by atoms with Gasteiger partial charge in [0.1, 0.15) is 11.1 Å². The summed E-state index contributed by atoms with van der Waals surface area (Å²) in [6, 6.07) is 7.62. The number of piperazine rings is 1. The summed E-state index contributed by atoms with van der Waals surface area (Å²) in [6.07, 6.45) is -0.134. The normalized spacial score (nSPS) is 24.0. The highest BCUT2D eigenvalue weighted by molar-refractivity contribution is 8.01. The van der Waals surface area contributed by atoms with Crippen LogP contribution in [-0.4, -0.2) is 76.2 Å². The number of hydrogen-bond donors (Lipinski definition) is 1. The molecule has 0 radical (unpaired) electrons. The Morgan fingerprint density at radius 1 is 1.14 bits per heavy atom. The van der Waals surface area contributed by atoms with Crippen molar-refractivity contribution >= 4 is 50.1 Å². The van der Waals surface area contributed by atoms with Crippen molar-refractivity contribution in [2.24, 2.45) is 0 Å². The molecule has 0 saturated carbocycles. The Kier molecular flexibility index (Phi) is 6.15. The third-order valence-electron chi connectivity index (χ3n) is 4.98. The van der Waals surface area contributed by atoms with Gasteiger partial charge in [-0.15, -0.1) is 0 Å². The molecule has 2 unspecified atom stereocenters. The molecule has 2 aromatic rings. The van der Waals surface area contributed by atoms with E-state index in [1.165, 1.54) is 27.6 Å². The van der Waals surface area contributed by atoms with Gasteiger partial charge >= 0.3 is 0 Å². The highest BCUT2D eigenvalue weighted by atomic mass is 35.5. The molecule has 2 aliphatic heterocycles. The first-order chi connectivity index (χ1) is 13.4. The molecular weight excluding hydrogens is 440 g/mol. The van der Waals surface area contributed by atoms with Crippen LogP contribution in [0.4, 0.5) is 5.13 Å². The number of anilines is 1. The van der Waals surface area contributed by atoms with Gasteiger partial charge in [0.2, 0.25) is 15.2 Å². The van der Waals surface area contributed by atoms with Crippen LogP contribution in [0.2, 0.25) is 5.02 Å². The van der Waals surface area contributed by atoms with Crippen molar-refractivity contribution in [2.45, 2.75) is 17.8 Å². The predicted octanol–water partition coefficient (Wildman–Crippen LogP) is 1.71. The molecule has 2 fully saturated rings. The summed E-state index contributed by atoms with van der Waals surface area (Å²) < 4.78 is 31.5. The van der Waals surface area contributed by atoms with Crippen molar-refractivity contribution in [1.82, 2.24) is 13.7 Å². The summed E-state index contributed by atoms with van der Waals surface area (Å²) in [5.41, 5.74) is 1.10. The summed E-state index contributed by atoms with van der Waals surface area (Å²) >= 11 is 8.75. The lowest BCUT2D eigenvalue weighted by Gasteiger charge is -2.35. The molecule has 0 spiro atoms. The summed E-state index contributed by atoms with van der Waals surface area (Å²) in [4.78, 5) is 6.70. The second-order valence-electron chi connectivity index (χ2n) is 6.87. The smallest absolute Gasteiger partial charge is 0.220 e. The summed E-state index contributed by atoms with van der Waals surface area (Å²) in [6.45, 7) is 1.96. The largest absolute Gasteiger partial charge is 0.391 e. The number of aliphatic hydroxyl groups is 1. The second kappa shape index (κ2) is 8.45. The minimum absolute atomic E-state index is 0.405. The van der Waals surface area contributed by atoms with Crippen LogP contribution in [0.5, 0.6) is 0 Å². The number of halogens is 1. The molecule has 152 valence electrons. The molecule has 3 heterocycles. The van der Waals surface area contributed by atoms with E-state index in [4.69, 9.17) is 11.6 Å². The highest BCUT2D eigenvalue weighted by Crippen LogP contribution is 2.28.